The van der Waals surface area contributed by atoms with Crippen molar-refractivity contribution in [1.82, 2.24) is 10.6 Å². The van der Waals surface area contributed by atoms with E-state index in [0.717, 1.165) is 32.1 Å². The predicted molar refractivity (Wildman–Crippen MR) is 82.3 cm³/mol. The molecule has 0 radical (unpaired) electrons. The Morgan fingerprint density at radius 3 is 2.14 bits per heavy atom. The van der Waals surface area contributed by atoms with Gasteiger partial charge in [0.05, 0.1) is 0 Å². The second-order valence-corrected chi connectivity index (χ2v) is 6.58. The number of amides is 2. The van der Waals surface area contributed by atoms with Crippen LogP contribution in [-0.4, -0.2) is 49.8 Å². The number of nitrogens with one attached hydrogen (secondary N) is 2. The normalized spacial score (nSPS) is 26.1. The summed E-state index contributed by atoms with van der Waals surface area (Å²) in [6.45, 7) is 5.96. The number of hydrogen-bond acceptors (Lipinski definition) is 4. The summed E-state index contributed by atoms with van der Waals surface area (Å²) in [5.74, 6) is 0.307. The van der Waals surface area contributed by atoms with Gasteiger partial charge in [-0.15, -0.1) is 0 Å². The summed E-state index contributed by atoms with van der Waals surface area (Å²) in [7, 11) is 0. The Bertz CT molecular complexity index is 374. The van der Waals surface area contributed by atoms with E-state index in [9.17, 15) is 9.59 Å². The van der Waals surface area contributed by atoms with Gasteiger partial charge in [0, 0.05) is 25.8 Å². The van der Waals surface area contributed by atoms with Crippen LogP contribution in [0.25, 0.3) is 0 Å². The highest BCUT2D eigenvalue weighted by molar-refractivity contribution is 5.82. The van der Waals surface area contributed by atoms with Crippen LogP contribution in [0.1, 0.15) is 46.0 Å². The van der Waals surface area contributed by atoms with Crippen molar-refractivity contribution in [1.29, 1.82) is 0 Å². The first kappa shape index (κ1) is 17.2. The van der Waals surface area contributed by atoms with Gasteiger partial charge >= 0.3 is 0 Å². The third kappa shape index (κ3) is 5.25. The Balaban J connectivity index is 1.79. The van der Waals surface area contributed by atoms with E-state index in [4.69, 9.17) is 9.47 Å². The fraction of sp³-hybridized carbons (Fsp3) is 0.875. The molecule has 2 heterocycles. The van der Waals surface area contributed by atoms with Crippen molar-refractivity contribution in [2.45, 2.75) is 64.2 Å². The van der Waals surface area contributed by atoms with Gasteiger partial charge in [-0.25, -0.2) is 0 Å². The topological polar surface area (TPSA) is 76.7 Å². The highest BCUT2D eigenvalue weighted by atomic mass is 16.5. The summed E-state index contributed by atoms with van der Waals surface area (Å²) in [5.41, 5.74) is 0. The molecule has 3 atom stereocenters. The zero-order valence-corrected chi connectivity index (χ0v) is 13.6. The number of ether oxygens (including phenoxy) is 2. The van der Waals surface area contributed by atoms with Gasteiger partial charge in [0.1, 0.15) is 12.2 Å². The van der Waals surface area contributed by atoms with Gasteiger partial charge in [-0.05, 0) is 38.0 Å². The van der Waals surface area contributed by atoms with Crippen molar-refractivity contribution in [3.63, 3.8) is 0 Å². The van der Waals surface area contributed by atoms with Crippen LogP contribution in [0.15, 0.2) is 0 Å². The maximum absolute atomic E-state index is 12.2. The molecule has 0 aromatic heterocycles. The summed E-state index contributed by atoms with van der Waals surface area (Å²) in [5, 5.41) is 5.92. The van der Waals surface area contributed by atoms with Crippen molar-refractivity contribution in [2.24, 2.45) is 5.92 Å². The van der Waals surface area contributed by atoms with E-state index in [1.807, 2.05) is 0 Å². The summed E-state index contributed by atoms with van der Waals surface area (Å²) in [6.07, 6.45) is 3.60. The molecule has 6 nitrogen and oxygen atoms in total. The molecule has 2 aliphatic rings. The highest BCUT2D eigenvalue weighted by Crippen LogP contribution is 2.14. The molecule has 2 fully saturated rings. The Kier molecular flexibility index (Phi) is 6.64. The molecule has 3 unspecified atom stereocenters. The lowest BCUT2D eigenvalue weighted by atomic mass is 10.0. The maximum atomic E-state index is 12.2. The van der Waals surface area contributed by atoms with Crippen LogP contribution < -0.4 is 10.6 Å². The minimum absolute atomic E-state index is 0.0606. The second-order valence-electron chi connectivity index (χ2n) is 6.58. The number of carbonyl (C=O) groups is 2. The average Bonchev–Trinajstić information content (AvgIpc) is 3.15. The minimum Gasteiger partial charge on any atom is -0.368 e. The summed E-state index contributed by atoms with van der Waals surface area (Å²) < 4.78 is 10.8. The molecule has 2 amide bonds. The standard InChI is InChI=1S/C16H28N2O4/c1-11(2)9-12(18-16(20)14-6-4-8-22-14)10-17-15(19)13-5-3-7-21-13/h11-14H,3-10H2,1-2H3,(H,17,19)(H,18,20). The number of carbonyl (C=O) groups excluding carboxylic acids is 2. The molecule has 0 spiro atoms. The largest absolute Gasteiger partial charge is 0.368 e. The Morgan fingerprint density at radius 2 is 1.64 bits per heavy atom. The monoisotopic (exact) mass is 312 g/mol. The van der Waals surface area contributed by atoms with Crippen molar-refractivity contribution in [3.8, 4) is 0 Å². The predicted octanol–water partition coefficient (Wildman–Crippen LogP) is 0.992. The zero-order chi connectivity index (χ0) is 15.9. The van der Waals surface area contributed by atoms with Crippen LogP contribution in [-0.2, 0) is 19.1 Å². The highest BCUT2D eigenvalue weighted by Gasteiger charge is 2.27. The lowest BCUT2D eigenvalue weighted by Crippen LogP contribution is -2.49. The molecular formula is C16H28N2O4. The smallest absolute Gasteiger partial charge is 0.249 e. The Morgan fingerprint density at radius 1 is 1.05 bits per heavy atom. The van der Waals surface area contributed by atoms with Gasteiger partial charge in [0.15, 0.2) is 0 Å². The number of hydrogen-bond donors (Lipinski definition) is 2. The minimum atomic E-state index is -0.330. The van der Waals surface area contributed by atoms with Crippen molar-refractivity contribution >= 4 is 11.8 Å². The molecule has 0 aliphatic carbocycles. The molecule has 0 bridgehead atoms. The fourth-order valence-electron chi connectivity index (χ4n) is 2.96. The van der Waals surface area contributed by atoms with Crippen LogP contribution in [0.4, 0.5) is 0 Å². The van der Waals surface area contributed by atoms with E-state index in [1.165, 1.54) is 0 Å². The molecule has 2 N–H and O–H groups in total. The SMILES string of the molecule is CC(C)CC(CNC(=O)C1CCCO1)NC(=O)C1CCCO1. The molecule has 6 heteroatoms. The van der Waals surface area contributed by atoms with Crippen molar-refractivity contribution in [3.05, 3.63) is 0 Å². The third-order valence-electron chi connectivity index (χ3n) is 4.07. The molecule has 22 heavy (non-hydrogen) atoms. The van der Waals surface area contributed by atoms with E-state index in [1.54, 1.807) is 0 Å². The lowest BCUT2D eigenvalue weighted by Gasteiger charge is -2.23. The molecule has 0 saturated carbocycles. The van der Waals surface area contributed by atoms with Crippen LogP contribution in [0.5, 0.6) is 0 Å². The fourth-order valence-corrected chi connectivity index (χ4v) is 2.96. The maximum Gasteiger partial charge on any atom is 0.249 e. The van der Waals surface area contributed by atoms with E-state index >= 15 is 0 Å². The van der Waals surface area contributed by atoms with Gasteiger partial charge in [0.25, 0.3) is 0 Å². The summed E-state index contributed by atoms with van der Waals surface area (Å²) >= 11 is 0. The molecule has 0 aromatic carbocycles. The molecule has 2 rings (SSSR count). The van der Waals surface area contributed by atoms with E-state index in [-0.39, 0.29) is 30.1 Å². The van der Waals surface area contributed by atoms with Crippen LogP contribution in [0, 0.1) is 5.92 Å². The second kappa shape index (κ2) is 8.48. The van der Waals surface area contributed by atoms with Crippen molar-refractivity contribution in [2.75, 3.05) is 19.8 Å². The number of rotatable bonds is 7. The van der Waals surface area contributed by atoms with Gasteiger partial charge in [-0.2, -0.15) is 0 Å². The molecule has 2 aliphatic heterocycles. The zero-order valence-electron chi connectivity index (χ0n) is 13.6. The molecule has 2 saturated heterocycles. The van der Waals surface area contributed by atoms with E-state index < -0.39 is 0 Å². The van der Waals surface area contributed by atoms with Crippen LogP contribution in [0.2, 0.25) is 0 Å². The van der Waals surface area contributed by atoms with Gasteiger partial charge in [0.2, 0.25) is 11.8 Å². The third-order valence-corrected chi connectivity index (χ3v) is 4.07. The Hall–Kier alpha value is -1.14. The molecular weight excluding hydrogens is 284 g/mol. The molecule has 0 aromatic rings. The van der Waals surface area contributed by atoms with Gasteiger partial charge < -0.3 is 20.1 Å². The average molecular weight is 312 g/mol. The van der Waals surface area contributed by atoms with E-state index in [0.29, 0.717) is 25.7 Å². The summed E-state index contributed by atoms with van der Waals surface area (Å²) in [4.78, 5) is 24.2. The lowest BCUT2D eigenvalue weighted by molar-refractivity contribution is -0.132. The van der Waals surface area contributed by atoms with Gasteiger partial charge in [-0.1, -0.05) is 13.8 Å². The van der Waals surface area contributed by atoms with Crippen LogP contribution >= 0.6 is 0 Å². The quantitative estimate of drug-likeness (QED) is 0.735. The van der Waals surface area contributed by atoms with E-state index in [2.05, 4.69) is 24.5 Å². The first-order valence-electron chi connectivity index (χ1n) is 8.37. The first-order valence-corrected chi connectivity index (χ1v) is 8.37. The Labute approximate surface area is 132 Å². The summed E-state index contributed by atoms with van der Waals surface area (Å²) in [6, 6.07) is -0.0675. The first-order chi connectivity index (χ1) is 10.6. The van der Waals surface area contributed by atoms with Crippen LogP contribution in [0.3, 0.4) is 0 Å². The molecule has 126 valence electrons. The van der Waals surface area contributed by atoms with Crippen molar-refractivity contribution < 1.29 is 19.1 Å². The van der Waals surface area contributed by atoms with Gasteiger partial charge in [-0.3, -0.25) is 9.59 Å².